The molecule has 1 atom stereocenters. The first-order valence-corrected chi connectivity index (χ1v) is 5.43. The lowest BCUT2D eigenvalue weighted by atomic mass is 9.96. The molecule has 0 bridgehead atoms. The van der Waals surface area contributed by atoms with Crippen LogP contribution >= 0.6 is 0 Å². The Morgan fingerprint density at radius 1 is 1.53 bits per heavy atom. The van der Waals surface area contributed by atoms with Gasteiger partial charge in [-0.2, -0.15) is 0 Å². The lowest BCUT2D eigenvalue weighted by Crippen LogP contribution is -2.44. The molecule has 0 saturated heterocycles. The molecule has 0 spiro atoms. The number of aliphatic carboxylic acids is 1. The molecule has 0 radical (unpaired) electrons. The third-order valence-corrected chi connectivity index (χ3v) is 2.34. The fourth-order valence-corrected chi connectivity index (χ4v) is 1.43. The van der Waals surface area contributed by atoms with Gasteiger partial charge in [0.05, 0.1) is 11.1 Å². The molecule has 0 aliphatic rings. The van der Waals surface area contributed by atoms with Gasteiger partial charge in [0.1, 0.15) is 11.7 Å². The maximum atomic E-state index is 10.9. The Balaban J connectivity index is 2.71. The van der Waals surface area contributed by atoms with Crippen molar-refractivity contribution in [1.29, 1.82) is 0 Å². The van der Waals surface area contributed by atoms with E-state index < -0.39 is 16.9 Å². The van der Waals surface area contributed by atoms with Crippen LogP contribution in [0.5, 0.6) is 0 Å². The predicted molar refractivity (Wildman–Crippen MR) is 70.0 cm³/mol. The summed E-state index contributed by atoms with van der Waals surface area (Å²) in [4.78, 5) is 31.3. The monoisotopic (exact) mass is 265 g/mol. The molecule has 1 aromatic rings. The van der Waals surface area contributed by atoms with Crippen molar-refractivity contribution in [2.45, 2.75) is 6.04 Å². The number of rotatable bonds is 8. The van der Waals surface area contributed by atoms with E-state index in [-0.39, 0.29) is 25.3 Å². The van der Waals surface area contributed by atoms with E-state index >= 15 is 0 Å². The van der Waals surface area contributed by atoms with Gasteiger partial charge in [-0.15, -0.1) is 0 Å². The van der Waals surface area contributed by atoms with Crippen LogP contribution in [0.3, 0.4) is 0 Å². The fraction of sp³-hybridized carbons (Fsp3) is 0.200. The smallest absolute Gasteiger partial charge is 0.321 e. The van der Waals surface area contributed by atoms with Gasteiger partial charge >= 0.3 is 5.97 Å². The zero-order chi connectivity index (χ0) is 14.3. The normalized spacial score (nSPS) is 11.4. The molecule has 8 nitrogen and oxygen atoms in total. The number of nitro groups is 1. The van der Waals surface area contributed by atoms with Crippen molar-refractivity contribution < 1.29 is 19.6 Å². The SMILES string of the molecule is O=CBN[C@@H](CNc1ccccc1[N+](=O)[O-])C(=O)O. The number of nitro benzene ring substituents is 1. The van der Waals surface area contributed by atoms with E-state index in [2.05, 4.69) is 10.5 Å². The number of carbonyl (C=O) groups excluding carboxylic acids is 1. The number of carboxylic acids is 1. The Hall–Kier alpha value is -2.42. The van der Waals surface area contributed by atoms with Gasteiger partial charge in [0.2, 0.25) is 0 Å². The van der Waals surface area contributed by atoms with Crippen LogP contribution < -0.4 is 10.5 Å². The summed E-state index contributed by atoms with van der Waals surface area (Å²) in [7, 11) is -0.102. The highest BCUT2D eigenvalue weighted by Crippen LogP contribution is 2.22. The second kappa shape index (κ2) is 7.12. The molecule has 100 valence electrons. The Morgan fingerprint density at radius 3 is 2.79 bits per heavy atom. The summed E-state index contributed by atoms with van der Waals surface area (Å²) < 4.78 is 0. The highest BCUT2D eigenvalue weighted by Gasteiger charge is 2.18. The van der Waals surface area contributed by atoms with E-state index in [1.54, 1.807) is 6.07 Å². The third-order valence-electron chi connectivity index (χ3n) is 2.34. The van der Waals surface area contributed by atoms with Gasteiger partial charge in [-0.25, -0.2) is 0 Å². The second-order valence-electron chi connectivity index (χ2n) is 3.62. The Labute approximate surface area is 109 Å². The number of hydrogen-bond acceptors (Lipinski definition) is 6. The second-order valence-corrected chi connectivity index (χ2v) is 3.62. The summed E-state index contributed by atoms with van der Waals surface area (Å²) >= 11 is 0. The van der Waals surface area contributed by atoms with Gasteiger partial charge in [0.25, 0.3) is 13.1 Å². The zero-order valence-corrected chi connectivity index (χ0v) is 9.91. The molecule has 3 N–H and O–H groups in total. The average molecular weight is 265 g/mol. The third kappa shape index (κ3) is 4.39. The minimum absolute atomic E-state index is 0.0754. The van der Waals surface area contributed by atoms with Crippen LogP contribution in [0, 0.1) is 10.1 Å². The van der Waals surface area contributed by atoms with Gasteiger partial charge in [-0.3, -0.25) is 14.9 Å². The van der Waals surface area contributed by atoms with Crippen LogP contribution in [0.4, 0.5) is 11.4 Å². The van der Waals surface area contributed by atoms with Crippen molar-refractivity contribution in [2.24, 2.45) is 0 Å². The first kappa shape index (κ1) is 14.6. The average Bonchev–Trinajstić information content (AvgIpc) is 2.38. The summed E-state index contributed by atoms with van der Waals surface area (Å²) in [5.74, 6) is -1.15. The molecule has 9 heteroatoms. The predicted octanol–water partition coefficient (Wildman–Crippen LogP) is -0.409. The van der Waals surface area contributed by atoms with Gasteiger partial charge < -0.3 is 20.4 Å². The number of nitrogens with one attached hydrogen (secondary N) is 2. The quantitative estimate of drug-likeness (QED) is 0.253. The molecular weight excluding hydrogens is 253 g/mol. The van der Waals surface area contributed by atoms with E-state index in [9.17, 15) is 19.7 Å². The zero-order valence-electron chi connectivity index (χ0n) is 9.91. The molecule has 0 heterocycles. The van der Waals surface area contributed by atoms with Crippen molar-refractivity contribution >= 4 is 30.9 Å². The van der Waals surface area contributed by atoms with E-state index in [0.717, 1.165) is 0 Å². The van der Waals surface area contributed by atoms with Gasteiger partial charge in [0, 0.05) is 12.6 Å². The summed E-state index contributed by atoms with van der Waals surface area (Å²) in [5, 5.41) is 24.8. The number of carboxylic acid groups (broad SMARTS) is 1. The van der Waals surface area contributed by atoms with Gasteiger partial charge in [0.15, 0.2) is 0 Å². The maximum absolute atomic E-state index is 10.9. The minimum Gasteiger partial charge on any atom is -0.480 e. The largest absolute Gasteiger partial charge is 0.480 e. The molecule has 19 heavy (non-hydrogen) atoms. The first-order valence-electron chi connectivity index (χ1n) is 5.43. The van der Waals surface area contributed by atoms with Crippen LogP contribution in [0.25, 0.3) is 0 Å². The first-order chi connectivity index (χ1) is 9.06. The molecule has 0 amide bonds. The van der Waals surface area contributed by atoms with Crippen LogP contribution in [0.2, 0.25) is 0 Å². The molecular formula is C10H12BN3O5. The highest BCUT2D eigenvalue weighted by atomic mass is 16.6. The lowest BCUT2D eigenvalue weighted by Gasteiger charge is -2.14. The molecule has 0 saturated carbocycles. The number of carbonyl (C=O) groups is 2. The molecule has 0 unspecified atom stereocenters. The number of para-hydroxylation sites is 2. The van der Waals surface area contributed by atoms with Crippen LogP contribution in [-0.2, 0) is 9.59 Å². The Bertz CT molecular complexity index is 482. The van der Waals surface area contributed by atoms with Crippen molar-refractivity contribution in [3.63, 3.8) is 0 Å². The van der Waals surface area contributed by atoms with Crippen molar-refractivity contribution in [2.75, 3.05) is 11.9 Å². The minimum atomic E-state index is -1.15. The summed E-state index contributed by atoms with van der Waals surface area (Å²) in [6.45, 7) is -0.0754. The number of anilines is 1. The maximum Gasteiger partial charge on any atom is 0.321 e. The van der Waals surface area contributed by atoms with Crippen molar-refractivity contribution in [3.8, 4) is 0 Å². The summed E-state index contributed by atoms with van der Waals surface area (Å²) in [6, 6.07) is 4.91. The highest BCUT2D eigenvalue weighted by molar-refractivity contribution is 6.64. The topological polar surface area (TPSA) is 122 Å². The molecule has 0 aliphatic heterocycles. The van der Waals surface area contributed by atoms with E-state index in [1.165, 1.54) is 18.2 Å². The van der Waals surface area contributed by atoms with E-state index in [1.807, 2.05) is 0 Å². The lowest BCUT2D eigenvalue weighted by molar-refractivity contribution is -0.384. The summed E-state index contributed by atoms with van der Waals surface area (Å²) in [5.41, 5.74) is 0.0914. The fourth-order valence-electron chi connectivity index (χ4n) is 1.43. The number of hydrogen-bond donors (Lipinski definition) is 3. The van der Waals surface area contributed by atoms with Gasteiger partial charge in [-0.1, -0.05) is 12.1 Å². The van der Waals surface area contributed by atoms with E-state index in [4.69, 9.17) is 5.11 Å². The molecule has 0 aromatic heterocycles. The van der Waals surface area contributed by atoms with Crippen LogP contribution in [-0.4, -0.2) is 42.2 Å². The van der Waals surface area contributed by atoms with Crippen molar-refractivity contribution in [3.05, 3.63) is 34.4 Å². The van der Waals surface area contributed by atoms with Crippen molar-refractivity contribution in [1.82, 2.24) is 5.23 Å². The van der Waals surface area contributed by atoms with Crippen LogP contribution in [0.15, 0.2) is 24.3 Å². The van der Waals surface area contributed by atoms with Crippen LogP contribution in [0.1, 0.15) is 0 Å². The van der Waals surface area contributed by atoms with E-state index in [0.29, 0.717) is 6.19 Å². The molecule has 0 aliphatic carbocycles. The molecule has 1 rings (SSSR count). The Morgan fingerprint density at radius 2 is 2.21 bits per heavy atom. The molecule has 1 aromatic carbocycles. The Kier molecular flexibility index (Phi) is 5.48. The van der Waals surface area contributed by atoms with Gasteiger partial charge in [-0.05, 0) is 6.07 Å². The number of benzene rings is 1. The summed E-state index contributed by atoms with van der Waals surface area (Å²) in [6.07, 6.45) is 0.543. The molecule has 0 fully saturated rings. The number of nitrogens with zero attached hydrogens (tertiary/aromatic N) is 1. The standard InChI is InChI=1S/C10H12BN3O5/c15-6-11-13-8(10(16)17)5-12-7-3-1-2-4-9(7)14(18)19/h1-4,6,8,11-13H,5H2,(H,16,17)/t8-/m0/s1.